The minimum atomic E-state index is -0.240. The molecule has 1 saturated carbocycles. The second kappa shape index (κ2) is 9.21. The van der Waals surface area contributed by atoms with E-state index in [9.17, 15) is 4.79 Å². The number of urea groups is 1. The van der Waals surface area contributed by atoms with Gasteiger partial charge in [0, 0.05) is 12.2 Å². The van der Waals surface area contributed by atoms with Crippen LogP contribution in [0.5, 0.6) is 0 Å². The smallest absolute Gasteiger partial charge is 0.315 e. The Kier molecular flexibility index (Phi) is 6.43. The average molecular weight is 337 g/mol. The third-order valence-electron chi connectivity index (χ3n) is 4.83. The van der Waals surface area contributed by atoms with Crippen LogP contribution in [0.3, 0.4) is 0 Å². The first kappa shape index (κ1) is 17.5. The highest BCUT2D eigenvalue weighted by Gasteiger charge is 2.20. The van der Waals surface area contributed by atoms with Gasteiger partial charge in [-0.1, -0.05) is 68.5 Å². The van der Waals surface area contributed by atoms with E-state index in [2.05, 4.69) is 15.6 Å². The summed E-state index contributed by atoms with van der Waals surface area (Å²) < 4.78 is 0. The predicted molar refractivity (Wildman–Crippen MR) is 100 cm³/mol. The summed E-state index contributed by atoms with van der Waals surface area (Å²) in [7, 11) is 0. The molecule has 2 amide bonds. The van der Waals surface area contributed by atoms with Gasteiger partial charge in [0.1, 0.15) is 0 Å². The van der Waals surface area contributed by atoms with Gasteiger partial charge < -0.3 is 10.6 Å². The van der Waals surface area contributed by atoms with E-state index >= 15 is 0 Å². The summed E-state index contributed by atoms with van der Waals surface area (Å²) in [6.07, 6.45) is 10.2. The van der Waals surface area contributed by atoms with E-state index in [1.165, 1.54) is 32.1 Å². The van der Waals surface area contributed by atoms with Crippen molar-refractivity contribution >= 4 is 6.03 Å². The summed E-state index contributed by atoms with van der Waals surface area (Å²) >= 11 is 0. The van der Waals surface area contributed by atoms with E-state index in [1.54, 1.807) is 6.20 Å². The lowest BCUT2D eigenvalue weighted by atomic mass is 9.97. The molecule has 1 unspecified atom stereocenters. The normalized spacial score (nSPS) is 17.1. The quantitative estimate of drug-likeness (QED) is 0.858. The molecule has 3 rings (SSSR count). The van der Waals surface area contributed by atoms with Crippen molar-refractivity contribution in [1.82, 2.24) is 15.6 Å². The number of benzene rings is 1. The molecule has 1 aromatic heterocycles. The number of rotatable bonds is 4. The molecule has 1 fully saturated rings. The second-order valence-electron chi connectivity index (χ2n) is 6.76. The van der Waals surface area contributed by atoms with Gasteiger partial charge in [0.2, 0.25) is 0 Å². The lowest BCUT2D eigenvalue weighted by Gasteiger charge is -2.24. The number of hydrogen-bond donors (Lipinski definition) is 2. The molecule has 25 heavy (non-hydrogen) atoms. The van der Waals surface area contributed by atoms with Gasteiger partial charge in [-0.2, -0.15) is 0 Å². The summed E-state index contributed by atoms with van der Waals surface area (Å²) in [4.78, 5) is 17.1. The molecule has 0 spiro atoms. The van der Waals surface area contributed by atoms with Gasteiger partial charge in [0.05, 0.1) is 11.7 Å². The van der Waals surface area contributed by atoms with Crippen LogP contribution >= 0.6 is 0 Å². The lowest BCUT2D eigenvalue weighted by molar-refractivity contribution is 0.231. The van der Waals surface area contributed by atoms with Crippen molar-refractivity contribution in [2.75, 3.05) is 0 Å². The number of amides is 2. The van der Waals surface area contributed by atoms with Crippen LogP contribution in [0.15, 0.2) is 54.7 Å². The number of nitrogens with one attached hydrogen (secondary N) is 2. The first-order valence-electron chi connectivity index (χ1n) is 9.36. The van der Waals surface area contributed by atoms with Crippen molar-refractivity contribution in [3.8, 4) is 0 Å². The van der Waals surface area contributed by atoms with E-state index in [4.69, 9.17) is 0 Å². The number of hydrogen-bond acceptors (Lipinski definition) is 2. The molecule has 132 valence electrons. The zero-order valence-electron chi connectivity index (χ0n) is 14.7. The first-order valence-corrected chi connectivity index (χ1v) is 9.36. The minimum Gasteiger partial charge on any atom is -0.335 e. The molecule has 4 nitrogen and oxygen atoms in total. The Hall–Kier alpha value is -2.36. The number of aromatic nitrogens is 1. The van der Waals surface area contributed by atoms with Crippen LogP contribution in [0.2, 0.25) is 0 Å². The minimum absolute atomic E-state index is 0.106. The van der Waals surface area contributed by atoms with Crippen molar-refractivity contribution in [2.45, 2.75) is 57.0 Å². The topological polar surface area (TPSA) is 54.0 Å². The SMILES string of the molecule is O=C(NC1CCCCCCC1)NC(c1ccccc1)c1ccccn1. The van der Waals surface area contributed by atoms with E-state index < -0.39 is 0 Å². The largest absolute Gasteiger partial charge is 0.335 e. The van der Waals surface area contributed by atoms with Gasteiger partial charge >= 0.3 is 6.03 Å². The van der Waals surface area contributed by atoms with Crippen LogP contribution in [-0.4, -0.2) is 17.1 Å². The zero-order valence-corrected chi connectivity index (χ0v) is 14.7. The molecule has 0 saturated heterocycles. The van der Waals surface area contributed by atoms with Crippen LogP contribution in [0, 0.1) is 0 Å². The van der Waals surface area contributed by atoms with Gasteiger partial charge in [-0.25, -0.2) is 4.79 Å². The maximum Gasteiger partial charge on any atom is 0.315 e. The Labute approximate surface area is 150 Å². The maximum atomic E-state index is 12.6. The Morgan fingerprint density at radius 1 is 0.920 bits per heavy atom. The number of pyridine rings is 1. The molecule has 1 aliphatic rings. The van der Waals surface area contributed by atoms with E-state index in [0.29, 0.717) is 0 Å². The van der Waals surface area contributed by atoms with Crippen molar-refractivity contribution in [3.63, 3.8) is 0 Å². The highest BCUT2D eigenvalue weighted by molar-refractivity contribution is 5.75. The molecule has 1 aromatic carbocycles. The molecular formula is C21H27N3O. The van der Waals surface area contributed by atoms with Gasteiger partial charge in [-0.05, 0) is 30.5 Å². The fraction of sp³-hybridized carbons (Fsp3) is 0.429. The summed E-state index contributed by atoms with van der Waals surface area (Å²) in [5.74, 6) is 0. The van der Waals surface area contributed by atoms with E-state index in [1.807, 2.05) is 48.5 Å². The second-order valence-corrected chi connectivity index (χ2v) is 6.76. The monoisotopic (exact) mass is 337 g/mol. The lowest BCUT2D eigenvalue weighted by Crippen LogP contribution is -2.44. The fourth-order valence-electron chi connectivity index (χ4n) is 3.48. The van der Waals surface area contributed by atoms with Gasteiger partial charge in [-0.3, -0.25) is 4.98 Å². The molecule has 0 bridgehead atoms. The summed E-state index contributed by atoms with van der Waals surface area (Å²) in [5.41, 5.74) is 1.88. The Bertz CT molecular complexity index is 597. The summed E-state index contributed by atoms with van der Waals surface area (Å²) in [6.45, 7) is 0. The standard InChI is InChI=1S/C21H27N3O/c25-21(23-18-13-7-2-1-3-8-14-18)24-20(17-11-5-4-6-12-17)19-15-9-10-16-22-19/h4-6,9-12,15-16,18,20H,1-3,7-8,13-14H2,(H2,23,24,25). The molecule has 2 N–H and O–H groups in total. The van der Waals surface area contributed by atoms with Gasteiger partial charge in [-0.15, -0.1) is 0 Å². The highest BCUT2D eigenvalue weighted by Crippen LogP contribution is 2.20. The molecule has 1 atom stereocenters. The predicted octanol–water partition coefficient (Wildman–Crippen LogP) is 4.58. The highest BCUT2D eigenvalue weighted by atomic mass is 16.2. The van der Waals surface area contributed by atoms with Crippen LogP contribution in [-0.2, 0) is 0 Å². The molecular weight excluding hydrogens is 310 g/mol. The first-order chi connectivity index (χ1) is 12.3. The molecule has 1 heterocycles. The van der Waals surface area contributed by atoms with Crippen LogP contribution in [0.25, 0.3) is 0 Å². The van der Waals surface area contributed by atoms with Crippen molar-refractivity contribution < 1.29 is 4.79 Å². The maximum absolute atomic E-state index is 12.6. The van der Waals surface area contributed by atoms with Crippen LogP contribution in [0.4, 0.5) is 4.79 Å². The van der Waals surface area contributed by atoms with Gasteiger partial charge in [0.25, 0.3) is 0 Å². The summed E-state index contributed by atoms with van der Waals surface area (Å²) in [5, 5.41) is 6.30. The Morgan fingerprint density at radius 2 is 1.60 bits per heavy atom. The third kappa shape index (κ3) is 5.31. The van der Waals surface area contributed by atoms with Crippen molar-refractivity contribution in [2.24, 2.45) is 0 Å². The molecule has 0 aliphatic heterocycles. The number of carbonyl (C=O) groups is 1. The van der Waals surface area contributed by atoms with Crippen LogP contribution < -0.4 is 10.6 Å². The Balaban J connectivity index is 1.68. The van der Waals surface area contributed by atoms with Crippen molar-refractivity contribution in [3.05, 3.63) is 66.0 Å². The molecule has 2 aromatic rings. The van der Waals surface area contributed by atoms with Gasteiger partial charge in [0.15, 0.2) is 0 Å². The number of nitrogens with zero attached hydrogens (tertiary/aromatic N) is 1. The van der Waals surface area contributed by atoms with E-state index in [-0.39, 0.29) is 18.1 Å². The van der Waals surface area contributed by atoms with E-state index in [0.717, 1.165) is 24.1 Å². The molecule has 1 aliphatic carbocycles. The summed E-state index contributed by atoms with van der Waals surface area (Å²) in [6, 6.07) is 15.7. The number of carbonyl (C=O) groups excluding carboxylic acids is 1. The molecule has 0 radical (unpaired) electrons. The zero-order chi connectivity index (χ0) is 17.3. The van der Waals surface area contributed by atoms with Crippen molar-refractivity contribution in [1.29, 1.82) is 0 Å². The Morgan fingerprint density at radius 3 is 2.28 bits per heavy atom. The van der Waals surface area contributed by atoms with Crippen LogP contribution in [0.1, 0.15) is 62.2 Å². The average Bonchev–Trinajstić information content (AvgIpc) is 2.63. The third-order valence-corrected chi connectivity index (χ3v) is 4.83. The molecule has 4 heteroatoms. The fourth-order valence-corrected chi connectivity index (χ4v) is 3.48.